The van der Waals surface area contributed by atoms with Gasteiger partial charge in [-0.05, 0) is 49.2 Å². The molecule has 26 heavy (non-hydrogen) atoms. The largest absolute Gasteiger partial charge is 0.245 e. The fourth-order valence-electron chi connectivity index (χ4n) is 3.06. The molecule has 0 atom stereocenters. The first-order chi connectivity index (χ1) is 12.5. The predicted octanol–water partition coefficient (Wildman–Crippen LogP) is 6.44. The molecular formula is C20H12Cl2N2S2. The minimum Gasteiger partial charge on any atom is -0.245 e. The highest BCUT2D eigenvalue weighted by atomic mass is 35.5. The molecule has 0 radical (unpaired) electrons. The molecule has 2 aliphatic heterocycles. The van der Waals surface area contributed by atoms with Crippen molar-refractivity contribution in [1.29, 1.82) is 0 Å². The van der Waals surface area contributed by atoms with Gasteiger partial charge in [-0.3, -0.25) is 0 Å². The van der Waals surface area contributed by atoms with Crippen molar-refractivity contribution in [1.82, 2.24) is 0 Å². The second-order valence-electron chi connectivity index (χ2n) is 6.35. The molecule has 128 valence electrons. The van der Waals surface area contributed by atoms with E-state index in [1.165, 1.54) is 11.1 Å². The van der Waals surface area contributed by atoms with Crippen LogP contribution in [0, 0.1) is 13.8 Å². The van der Waals surface area contributed by atoms with E-state index >= 15 is 0 Å². The van der Waals surface area contributed by atoms with Crippen LogP contribution >= 0.6 is 46.7 Å². The van der Waals surface area contributed by atoms with Crippen LogP contribution in [0.5, 0.6) is 0 Å². The first-order valence-corrected chi connectivity index (χ1v) is 10.5. The van der Waals surface area contributed by atoms with Gasteiger partial charge in [0.05, 0.1) is 41.9 Å². The van der Waals surface area contributed by atoms with E-state index in [1.807, 2.05) is 12.1 Å². The zero-order chi connectivity index (χ0) is 18.0. The molecule has 0 N–H and O–H groups in total. The average Bonchev–Trinajstić information content (AvgIpc) is 2.63. The minimum absolute atomic E-state index is 0.624. The lowest BCUT2D eigenvalue weighted by molar-refractivity contribution is 1.07. The van der Waals surface area contributed by atoms with Gasteiger partial charge in [0.1, 0.15) is 0 Å². The highest BCUT2D eigenvalue weighted by Gasteiger charge is 2.25. The quantitative estimate of drug-likeness (QED) is 0.291. The molecule has 3 aromatic rings. The first-order valence-electron chi connectivity index (χ1n) is 8.06. The lowest BCUT2D eigenvalue weighted by Crippen LogP contribution is -2.22. The standard InChI is InChI=1S/C20H12Cl2N2S2/c1-9-3-5-11-13(7-9)25-19-15(21)18-20(16(22)17(19)23-11)26-14-8-10(2)4-6-12(14)24-18/h3-8H,1-2H3. The average molecular weight is 415 g/mol. The zero-order valence-electron chi connectivity index (χ0n) is 13.9. The fraction of sp³-hybridized carbons (Fsp3) is 0.100. The van der Waals surface area contributed by atoms with Gasteiger partial charge in [0.15, 0.2) is 0 Å². The second-order valence-corrected chi connectivity index (χ2v) is 9.21. The van der Waals surface area contributed by atoms with Crippen LogP contribution in [0.3, 0.4) is 0 Å². The Morgan fingerprint density at radius 1 is 0.692 bits per heavy atom. The van der Waals surface area contributed by atoms with Gasteiger partial charge in [0, 0.05) is 9.79 Å². The lowest BCUT2D eigenvalue weighted by Gasteiger charge is -2.19. The monoisotopic (exact) mass is 414 g/mol. The lowest BCUT2D eigenvalue weighted by atomic mass is 10.2. The number of halogens is 2. The summed E-state index contributed by atoms with van der Waals surface area (Å²) in [7, 11) is 0. The van der Waals surface area contributed by atoms with Crippen molar-refractivity contribution in [3.63, 3.8) is 0 Å². The van der Waals surface area contributed by atoms with Gasteiger partial charge in [-0.15, -0.1) is 0 Å². The maximum atomic E-state index is 6.77. The van der Waals surface area contributed by atoms with Crippen molar-refractivity contribution >= 4 is 58.1 Å². The molecule has 2 heterocycles. The summed E-state index contributed by atoms with van der Waals surface area (Å²) in [5.74, 6) is 0. The Morgan fingerprint density at radius 3 is 1.54 bits per heavy atom. The van der Waals surface area contributed by atoms with Crippen LogP contribution in [0.1, 0.15) is 11.1 Å². The summed E-state index contributed by atoms with van der Waals surface area (Å²) in [6.07, 6.45) is 0. The predicted molar refractivity (Wildman–Crippen MR) is 109 cm³/mol. The van der Waals surface area contributed by atoms with Crippen LogP contribution < -0.4 is 10.7 Å². The third-order valence-electron chi connectivity index (χ3n) is 4.36. The normalized spacial score (nSPS) is 13.7. The SMILES string of the molecule is Cc1ccc2c(c1)Sc1c(Cl)c3c(c(Cl)c1=N2)Sc1cc(C)ccc1N=3. The zero-order valence-corrected chi connectivity index (χ0v) is 17.1. The molecule has 5 rings (SSSR count). The maximum absolute atomic E-state index is 6.77. The number of benzene rings is 3. The van der Waals surface area contributed by atoms with Crippen LogP contribution in [0.25, 0.3) is 0 Å². The second kappa shape index (κ2) is 6.03. The highest BCUT2D eigenvalue weighted by molar-refractivity contribution is 8.00. The number of nitrogens with zero attached hydrogens (tertiary/aromatic N) is 2. The smallest absolute Gasteiger partial charge is 0.0991 e. The summed E-state index contributed by atoms with van der Waals surface area (Å²) in [6.45, 7) is 4.14. The van der Waals surface area contributed by atoms with Crippen LogP contribution in [-0.4, -0.2) is 0 Å². The van der Waals surface area contributed by atoms with Gasteiger partial charge < -0.3 is 0 Å². The van der Waals surface area contributed by atoms with Gasteiger partial charge in [0.2, 0.25) is 0 Å². The Kier molecular flexibility index (Phi) is 3.87. The van der Waals surface area contributed by atoms with Crippen molar-refractivity contribution < 1.29 is 0 Å². The van der Waals surface area contributed by atoms with E-state index in [9.17, 15) is 0 Å². The van der Waals surface area contributed by atoms with Crippen molar-refractivity contribution in [3.05, 3.63) is 68.3 Å². The molecule has 0 aliphatic carbocycles. The number of hydrogen-bond donors (Lipinski definition) is 0. The molecule has 0 amide bonds. The van der Waals surface area contributed by atoms with E-state index in [4.69, 9.17) is 33.2 Å². The Labute approximate surface area is 169 Å². The molecule has 2 aliphatic rings. The molecule has 0 spiro atoms. The molecular weight excluding hydrogens is 403 g/mol. The van der Waals surface area contributed by atoms with E-state index in [-0.39, 0.29) is 0 Å². The van der Waals surface area contributed by atoms with E-state index in [0.29, 0.717) is 10.0 Å². The topological polar surface area (TPSA) is 24.7 Å². The Bertz CT molecular complexity index is 1140. The van der Waals surface area contributed by atoms with Gasteiger partial charge >= 0.3 is 0 Å². The fourth-order valence-corrected chi connectivity index (χ4v) is 6.08. The first kappa shape index (κ1) is 16.7. The minimum atomic E-state index is 0.624. The third kappa shape index (κ3) is 2.51. The van der Waals surface area contributed by atoms with Crippen LogP contribution in [0.4, 0.5) is 11.4 Å². The third-order valence-corrected chi connectivity index (χ3v) is 7.62. The summed E-state index contributed by atoms with van der Waals surface area (Å²) in [5, 5.41) is 2.74. The van der Waals surface area contributed by atoms with Crippen LogP contribution in [0.2, 0.25) is 10.0 Å². The number of aryl methyl sites for hydroxylation is 2. The van der Waals surface area contributed by atoms with Crippen molar-refractivity contribution in [2.24, 2.45) is 9.98 Å². The molecule has 0 saturated heterocycles. The molecule has 0 aromatic heterocycles. The molecule has 2 nitrogen and oxygen atoms in total. The molecule has 0 unspecified atom stereocenters. The van der Waals surface area contributed by atoms with Gasteiger partial charge in [-0.2, -0.15) is 0 Å². The van der Waals surface area contributed by atoms with E-state index in [0.717, 1.165) is 41.7 Å². The Hall–Kier alpha value is -1.46. The number of rotatable bonds is 0. The molecule has 3 aromatic carbocycles. The van der Waals surface area contributed by atoms with Crippen molar-refractivity contribution in [3.8, 4) is 0 Å². The van der Waals surface area contributed by atoms with Crippen LogP contribution in [-0.2, 0) is 0 Å². The molecule has 0 saturated carbocycles. The summed E-state index contributed by atoms with van der Waals surface area (Å²) in [6, 6.07) is 12.4. The summed E-state index contributed by atoms with van der Waals surface area (Å²) < 4.78 is 0. The van der Waals surface area contributed by atoms with Gasteiger partial charge in [0.25, 0.3) is 0 Å². The van der Waals surface area contributed by atoms with E-state index < -0.39 is 0 Å². The maximum Gasteiger partial charge on any atom is 0.0991 e. The summed E-state index contributed by atoms with van der Waals surface area (Å²) >= 11 is 16.8. The number of fused-ring (bicyclic) bond motifs is 4. The van der Waals surface area contributed by atoms with Crippen molar-refractivity contribution in [2.75, 3.05) is 0 Å². The Morgan fingerprint density at radius 2 is 1.12 bits per heavy atom. The molecule has 0 fully saturated rings. The molecule has 0 bridgehead atoms. The van der Waals surface area contributed by atoms with Crippen molar-refractivity contribution in [2.45, 2.75) is 33.4 Å². The number of hydrogen-bond acceptors (Lipinski definition) is 4. The van der Waals surface area contributed by atoms with Gasteiger partial charge in [-0.25, -0.2) is 9.98 Å². The highest BCUT2D eigenvalue weighted by Crippen LogP contribution is 2.45. The van der Waals surface area contributed by atoms with E-state index in [2.05, 4.69) is 38.1 Å². The van der Waals surface area contributed by atoms with E-state index in [1.54, 1.807) is 23.5 Å². The van der Waals surface area contributed by atoms with Crippen LogP contribution in [0.15, 0.2) is 66.0 Å². The summed E-state index contributed by atoms with van der Waals surface area (Å²) in [4.78, 5) is 13.6. The van der Waals surface area contributed by atoms with Gasteiger partial charge in [-0.1, -0.05) is 58.9 Å². The molecule has 6 heteroatoms. The summed E-state index contributed by atoms with van der Waals surface area (Å²) in [5.41, 5.74) is 4.25. The Balaban J connectivity index is 1.83.